The molecule has 2 amide bonds. The Balaban J connectivity index is 1.71. The number of amides is 2. The summed E-state index contributed by atoms with van der Waals surface area (Å²) in [6.45, 7) is 4.15. The fraction of sp³-hybridized carbons (Fsp3) is 0.222. The Bertz CT molecular complexity index is 771. The number of aryl methyl sites for hydroxylation is 1. The summed E-state index contributed by atoms with van der Waals surface area (Å²) < 4.78 is 5.52. The second-order valence-electron chi connectivity index (χ2n) is 5.63. The zero-order chi connectivity index (χ0) is 16.4. The Morgan fingerprint density at radius 1 is 1.26 bits per heavy atom. The van der Waals surface area contributed by atoms with Crippen molar-refractivity contribution in [1.82, 2.24) is 5.32 Å². The molecule has 2 aromatic carbocycles. The Morgan fingerprint density at radius 2 is 2.09 bits per heavy atom. The number of ether oxygens (including phenoxy) is 1. The summed E-state index contributed by atoms with van der Waals surface area (Å²) in [5, 5.41) is 5.63. The van der Waals surface area contributed by atoms with Crippen LogP contribution < -0.4 is 15.4 Å². The number of hydrogen-bond donors (Lipinski definition) is 2. The molecule has 23 heavy (non-hydrogen) atoms. The molecule has 3 rings (SSSR count). The molecular weight excluding hydrogens is 292 g/mol. The first-order chi connectivity index (χ1) is 11.0. The quantitative estimate of drug-likeness (QED) is 0.916. The highest BCUT2D eigenvalue weighted by atomic mass is 16.5. The summed E-state index contributed by atoms with van der Waals surface area (Å²) in [4.78, 5) is 23.8. The van der Waals surface area contributed by atoms with Gasteiger partial charge < -0.3 is 15.4 Å². The lowest BCUT2D eigenvalue weighted by Gasteiger charge is -2.23. The van der Waals surface area contributed by atoms with Gasteiger partial charge in [0.25, 0.3) is 11.8 Å². The molecule has 5 nitrogen and oxygen atoms in total. The van der Waals surface area contributed by atoms with Crippen LogP contribution in [0.25, 0.3) is 0 Å². The van der Waals surface area contributed by atoms with E-state index in [-0.39, 0.29) is 11.8 Å². The van der Waals surface area contributed by atoms with Crippen molar-refractivity contribution in [3.05, 3.63) is 59.2 Å². The lowest BCUT2D eigenvalue weighted by Crippen LogP contribution is -2.34. The first-order valence-corrected chi connectivity index (χ1v) is 7.48. The third-order valence-electron chi connectivity index (χ3n) is 3.71. The van der Waals surface area contributed by atoms with Crippen molar-refractivity contribution in [3.63, 3.8) is 0 Å². The second kappa shape index (κ2) is 6.12. The van der Waals surface area contributed by atoms with E-state index < -0.39 is 6.10 Å². The zero-order valence-corrected chi connectivity index (χ0v) is 13.1. The number of nitrogens with one attached hydrogen (secondary N) is 2. The van der Waals surface area contributed by atoms with Crippen LogP contribution in [0.15, 0.2) is 42.5 Å². The number of fused-ring (bicyclic) bond motifs is 1. The third-order valence-corrected chi connectivity index (χ3v) is 3.71. The highest BCUT2D eigenvalue weighted by Crippen LogP contribution is 2.30. The van der Waals surface area contributed by atoms with Crippen LogP contribution in [0.4, 0.5) is 5.69 Å². The molecule has 0 spiro atoms. The number of benzene rings is 2. The van der Waals surface area contributed by atoms with E-state index >= 15 is 0 Å². The van der Waals surface area contributed by atoms with E-state index in [4.69, 9.17) is 4.74 Å². The van der Waals surface area contributed by atoms with Crippen molar-refractivity contribution < 1.29 is 14.3 Å². The van der Waals surface area contributed by atoms with Gasteiger partial charge in [0.05, 0.1) is 5.69 Å². The molecule has 0 fully saturated rings. The van der Waals surface area contributed by atoms with Crippen LogP contribution in [0.1, 0.15) is 28.4 Å². The highest BCUT2D eigenvalue weighted by molar-refractivity contribution is 6.00. The van der Waals surface area contributed by atoms with E-state index in [2.05, 4.69) is 10.6 Å². The number of hydrogen-bond acceptors (Lipinski definition) is 3. The van der Waals surface area contributed by atoms with E-state index in [1.165, 1.54) is 0 Å². The van der Waals surface area contributed by atoms with Crippen LogP contribution in [0, 0.1) is 6.92 Å². The first kappa shape index (κ1) is 15.1. The molecule has 0 aliphatic carbocycles. The van der Waals surface area contributed by atoms with Gasteiger partial charge in [0.1, 0.15) is 5.75 Å². The summed E-state index contributed by atoms with van der Waals surface area (Å²) in [5.41, 5.74) is 3.29. The molecular formula is C18H18N2O3. The van der Waals surface area contributed by atoms with Gasteiger partial charge in [-0.15, -0.1) is 0 Å². The van der Waals surface area contributed by atoms with Crippen LogP contribution >= 0.6 is 0 Å². The fourth-order valence-electron chi connectivity index (χ4n) is 2.45. The molecule has 2 aromatic rings. The Kier molecular flexibility index (Phi) is 4.02. The average Bonchev–Trinajstić information content (AvgIpc) is 2.53. The van der Waals surface area contributed by atoms with Gasteiger partial charge >= 0.3 is 0 Å². The Labute approximate surface area is 134 Å². The van der Waals surface area contributed by atoms with Crippen molar-refractivity contribution in [2.45, 2.75) is 26.5 Å². The third kappa shape index (κ3) is 3.34. The topological polar surface area (TPSA) is 67.4 Å². The first-order valence-electron chi connectivity index (χ1n) is 7.48. The van der Waals surface area contributed by atoms with Gasteiger partial charge in [-0.3, -0.25) is 9.59 Å². The van der Waals surface area contributed by atoms with Gasteiger partial charge in [0, 0.05) is 12.1 Å². The van der Waals surface area contributed by atoms with E-state index in [9.17, 15) is 9.59 Å². The average molecular weight is 310 g/mol. The van der Waals surface area contributed by atoms with Crippen molar-refractivity contribution in [2.24, 2.45) is 0 Å². The van der Waals surface area contributed by atoms with Gasteiger partial charge in [-0.2, -0.15) is 0 Å². The lowest BCUT2D eigenvalue weighted by molar-refractivity contribution is -0.122. The van der Waals surface area contributed by atoms with Crippen LogP contribution in [0.5, 0.6) is 5.75 Å². The maximum absolute atomic E-state index is 12.3. The molecule has 1 aliphatic rings. The van der Waals surface area contributed by atoms with E-state index in [0.717, 1.165) is 11.1 Å². The molecule has 1 unspecified atom stereocenters. The maximum atomic E-state index is 12.3. The minimum atomic E-state index is -0.562. The van der Waals surface area contributed by atoms with E-state index in [0.29, 0.717) is 23.5 Å². The molecule has 0 saturated heterocycles. The summed E-state index contributed by atoms with van der Waals surface area (Å²) in [7, 11) is 0. The maximum Gasteiger partial charge on any atom is 0.265 e. The van der Waals surface area contributed by atoms with Crippen LogP contribution in [0.2, 0.25) is 0 Å². The lowest BCUT2D eigenvalue weighted by atomic mass is 10.1. The standard InChI is InChI=1S/C18H18N2O3/c1-11-4-3-5-13(8-11)10-19-18(22)14-6-7-15-16(9-14)23-12(2)17(21)20-15/h3-9,12H,10H2,1-2H3,(H,19,22)(H,20,21). The molecule has 0 bridgehead atoms. The van der Waals surface area contributed by atoms with Crippen molar-refractivity contribution in [2.75, 3.05) is 5.32 Å². The fourth-order valence-corrected chi connectivity index (χ4v) is 2.45. The minimum absolute atomic E-state index is 0.178. The summed E-state index contributed by atoms with van der Waals surface area (Å²) in [6, 6.07) is 13.0. The number of rotatable bonds is 3. The Morgan fingerprint density at radius 3 is 2.87 bits per heavy atom. The number of carbonyl (C=O) groups is 2. The normalized spacial score (nSPS) is 16.1. The summed E-state index contributed by atoms with van der Waals surface area (Å²) in [6.07, 6.45) is -0.562. The van der Waals surface area contributed by atoms with Gasteiger partial charge in [0.2, 0.25) is 0 Å². The van der Waals surface area contributed by atoms with E-state index in [1.807, 2.05) is 31.2 Å². The van der Waals surface area contributed by atoms with Gasteiger partial charge in [0.15, 0.2) is 6.10 Å². The zero-order valence-electron chi connectivity index (χ0n) is 13.1. The molecule has 0 saturated carbocycles. The minimum Gasteiger partial charge on any atom is -0.479 e. The predicted octanol–water partition coefficient (Wildman–Crippen LogP) is 2.64. The molecule has 2 N–H and O–H groups in total. The molecule has 0 radical (unpaired) electrons. The predicted molar refractivity (Wildman–Crippen MR) is 87.5 cm³/mol. The largest absolute Gasteiger partial charge is 0.479 e. The molecule has 0 aromatic heterocycles. The highest BCUT2D eigenvalue weighted by Gasteiger charge is 2.24. The molecule has 118 valence electrons. The van der Waals surface area contributed by atoms with Crippen LogP contribution in [0.3, 0.4) is 0 Å². The van der Waals surface area contributed by atoms with Crippen LogP contribution in [-0.4, -0.2) is 17.9 Å². The molecule has 1 heterocycles. The molecule has 5 heteroatoms. The van der Waals surface area contributed by atoms with Crippen molar-refractivity contribution in [1.29, 1.82) is 0 Å². The van der Waals surface area contributed by atoms with Crippen LogP contribution in [-0.2, 0) is 11.3 Å². The van der Waals surface area contributed by atoms with Gasteiger partial charge in [-0.1, -0.05) is 29.8 Å². The Hall–Kier alpha value is -2.82. The van der Waals surface area contributed by atoms with E-state index in [1.54, 1.807) is 25.1 Å². The van der Waals surface area contributed by atoms with Crippen molar-refractivity contribution in [3.8, 4) is 5.75 Å². The number of carbonyl (C=O) groups excluding carboxylic acids is 2. The van der Waals surface area contributed by atoms with Crippen molar-refractivity contribution >= 4 is 17.5 Å². The van der Waals surface area contributed by atoms with Gasteiger partial charge in [-0.25, -0.2) is 0 Å². The molecule has 1 aliphatic heterocycles. The molecule has 1 atom stereocenters. The monoisotopic (exact) mass is 310 g/mol. The second-order valence-corrected chi connectivity index (χ2v) is 5.63. The smallest absolute Gasteiger partial charge is 0.265 e. The summed E-state index contributed by atoms with van der Waals surface area (Å²) in [5.74, 6) is 0.150. The van der Waals surface area contributed by atoms with Gasteiger partial charge in [-0.05, 0) is 37.6 Å². The SMILES string of the molecule is Cc1cccc(CNC(=O)c2ccc3c(c2)OC(C)C(=O)N3)c1. The number of anilines is 1. The summed E-state index contributed by atoms with van der Waals surface area (Å²) >= 11 is 0.